The Balaban J connectivity index is 2.33. The van der Waals surface area contributed by atoms with Crippen LogP contribution in [0, 0.1) is 0 Å². The fourth-order valence-corrected chi connectivity index (χ4v) is 5.01. The first-order chi connectivity index (χ1) is 11.9. The Labute approximate surface area is 150 Å². The minimum atomic E-state index is -2.98. The van der Waals surface area contributed by atoms with Crippen LogP contribution in [0.15, 0.2) is 60.7 Å². The third-order valence-electron chi connectivity index (χ3n) is 4.31. The van der Waals surface area contributed by atoms with Gasteiger partial charge < -0.3 is 13.6 Å². The Hall–Kier alpha value is -2.44. The maximum Gasteiger partial charge on any atom is 0.420 e. The summed E-state index contributed by atoms with van der Waals surface area (Å²) in [6, 6.07) is 18.1. The van der Waals surface area contributed by atoms with Crippen molar-refractivity contribution in [1.82, 2.24) is 9.13 Å². The van der Waals surface area contributed by atoms with Gasteiger partial charge in [-0.05, 0) is 37.7 Å². The molecule has 2 aromatic carbocycles. The second-order valence-corrected chi connectivity index (χ2v) is 9.33. The summed E-state index contributed by atoms with van der Waals surface area (Å²) in [4.78, 5) is 25.7. The van der Waals surface area contributed by atoms with Crippen LogP contribution >= 0.6 is 0 Å². The zero-order chi connectivity index (χ0) is 18.4. The molecule has 6 heteroatoms. The maximum atomic E-state index is 12.9. The number of carbonyl (C=O) groups excluding carboxylic acids is 2. The highest BCUT2D eigenvalue weighted by Gasteiger charge is 2.46. The minimum absolute atomic E-state index is 0.157. The monoisotopic (exact) mass is 356 g/mol. The summed E-state index contributed by atoms with van der Waals surface area (Å²) < 4.78 is 9.17. The van der Waals surface area contributed by atoms with Gasteiger partial charge in [-0.3, -0.25) is 9.59 Å². The molecule has 0 atom stereocenters. The molecule has 25 heavy (non-hydrogen) atoms. The highest BCUT2D eigenvalue weighted by Crippen LogP contribution is 2.20. The molecule has 5 nitrogen and oxygen atoms in total. The van der Waals surface area contributed by atoms with Crippen molar-refractivity contribution in [2.45, 2.75) is 13.5 Å². The fraction of sp³-hybridized carbons (Fsp3) is 0.263. The molecule has 0 N–H and O–H groups in total. The van der Waals surface area contributed by atoms with Gasteiger partial charge in [0.15, 0.2) is 0 Å². The summed E-state index contributed by atoms with van der Waals surface area (Å²) in [5, 5.41) is 0. The molecule has 0 fully saturated rings. The van der Waals surface area contributed by atoms with Crippen LogP contribution in [0.1, 0.15) is 27.6 Å². The van der Waals surface area contributed by atoms with Gasteiger partial charge in [-0.15, -0.1) is 0 Å². The summed E-state index contributed by atoms with van der Waals surface area (Å²) >= 11 is 0. The zero-order valence-electron chi connectivity index (χ0n) is 15.1. The smallest absolute Gasteiger partial charge is 0.383 e. The van der Waals surface area contributed by atoms with Crippen LogP contribution in [0.2, 0.25) is 6.55 Å². The summed E-state index contributed by atoms with van der Waals surface area (Å²) in [5.74, 6) is -0.313. The highest BCUT2D eigenvalue weighted by molar-refractivity contribution is 6.71. The predicted octanol–water partition coefficient (Wildman–Crippen LogP) is 3.14. The van der Waals surface area contributed by atoms with Crippen molar-refractivity contribution in [3.8, 4) is 0 Å². The fourth-order valence-electron chi connectivity index (χ4n) is 2.62. The molecular weight excluding hydrogens is 332 g/mol. The van der Waals surface area contributed by atoms with Gasteiger partial charge in [-0.2, -0.15) is 0 Å². The van der Waals surface area contributed by atoms with Crippen molar-refractivity contribution in [2.24, 2.45) is 0 Å². The van der Waals surface area contributed by atoms with E-state index >= 15 is 0 Å². The molecular formula is C19H24N2O3Si. The first-order valence-electron chi connectivity index (χ1n) is 8.22. The molecule has 0 aliphatic rings. The largest absolute Gasteiger partial charge is 0.420 e. The molecule has 0 spiro atoms. The number of hydrogen-bond acceptors (Lipinski definition) is 3. The second kappa shape index (κ2) is 8.09. The van der Waals surface area contributed by atoms with Crippen molar-refractivity contribution in [3.05, 3.63) is 71.8 Å². The van der Waals surface area contributed by atoms with Gasteiger partial charge in [-0.1, -0.05) is 36.4 Å². The average Bonchev–Trinajstić information content (AvgIpc) is 2.67. The topological polar surface area (TPSA) is 49.9 Å². The number of hydrogen-bond donors (Lipinski definition) is 0. The van der Waals surface area contributed by atoms with E-state index in [2.05, 4.69) is 0 Å². The molecule has 0 saturated carbocycles. The average molecular weight is 356 g/mol. The lowest BCUT2D eigenvalue weighted by molar-refractivity contribution is 0.0755. The first-order valence-corrected chi connectivity index (χ1v) is 10.5. The maximum absolute atomic E-state index is 12.9. The normalized spacial score (nSPS) is 11.0. The molecule has 2 aromatic rings. The molecule has 0 radical (unpaired) electrons. The molecule has 0 saturated heterocycles. The second-order valence-electron chi connectivity index (χ2n) is 5.83. The Kier molecular flexibility index (Phi) is 6.11. The Morgan fingerprint density at radius 2 is 1.20 bits per heavy atom. The highest BCUT2D eigenvalue weighted by atomic mass is 28.4. The standard InChI is InChI=1S/C19H24N2O3Si/c1-5-24-25(4,20(2)18(22)16-12-8-6-9-13-16)21(3)19(23)17-14-10-7-11-15-17/h6-15H,5H2,1-4H3. The van der Waals surface area contributed by atoms with Crippen LogP contribution in [0.3, 0.4) is 0 Å². The van der Waals surface area contributed by atoms with E-state index in [-0.39, 0.29) is 11.8 Å². The van der Waals surface area contributed by atoms with Crippen LogP contribution < -0.4 is 0 Å². The van der Waals surface area contributed by atoms with E-state index in [1.807, 2.05) is 49.9 Å². The minimum Gasteiger partial charge on any atom is -0.383 e. The first kappa shape index (κ1) is 18.9. The number of rotatable bonds is 6. The number of amides is 2. The zero-order valence-corrected chi connectivity index (χ0v) is 16.1. The Bertz CT molecular complexity index is 664. The lowest BCUT2D eigenvalue weighted by Gasteiger charge is -2.41. The SMILES string of the molecule is CCO[Si](C)(N(C)C(=O)c1ccccc1)N(C)C(=O)c1ccccc1. The van der Waals surface area contributed by atoms with Crippen LogP contribution in [0.5, 0.6) is 0 Å². The van der Waals surface area contributed by atoms with Crippen molar-refractivity contribution >= 4 is 20.5 Å². The van der Waals surface area contributed by atoms with Crippen LogP contribution in [0.4, 0.5) is 0 Å². The number of carbonyl (C=O) groups is 2. The molecule has 0 aromatic heterocycles. The summed E-state index contributed by atoms with van der Waals surface area (Å²) in [6.45, 7) is 4.15. The molecule has 132 valence electrons. The third kappa shape index (κ3) is 3.97. The summed E-state index contributed by atoms with van der Waals surface area (Å²) in [5.41, 5.74) is 1.15. The van der Waals surface area contributed by atoms with E-state index in [4.69, 9.17) is 4.43 Å². The molecule has 0 heterocycles. The van der Waals surface area contributed by atoms with Gasteiger partial charge in [0.25, 0.3) is 0 Å². The van der Waals surface area contributed by atoms with E-state index in [1.165, 1.54) is 0 Å². The molecule has 0 bridgehead atoms. The molecule has 2 amide bonds. The van der Waals surface area contributed by atoms with Gasteiger partial charge in [0.05, 0.1) is 0 Å². The van der Waals surface area contributed by atoms with Gasteiger partial charge in [-0.25, -0.2) is 0 Å². The van der Waals surface area contributed by atoms with E-state index < -0.39 is 8.64 Å². The summed E-state index contributed by atoms with van der Waals surface area (Å²) in [6.07, 6.45) is 0. The lowest BCUT2D eigenvalue weighted by atomic mass is 10.2. The third-order valence-corrected chi connectivity index (χ3v) is 8.04. The van der Waals surface area contributed by atoms with Gasteiger partial charge in [0.1, 0.15) is 0 Å². The van der Waals surface area contributed by atoms with E-state index in [9.17, 15) is 9.59 Å². The van der Waals surface area contributed by atoms with E-state index in [0.717, 1.165) is 0 Å². The van der Waals surface area contributed by atoms with Gasteiger partial charge in [0, 0.05) is 31.8 Å². The quantitative estimate of drug-likeness (QED) is 0.747. The van der Waals surface area contributed by atoms with Gasteiger partial charge >= 0.3 is 8.64 Å². The molecule has 0 unspecified atom stereocenters. The van der Waals surface area contributed by atoms with E-state index in [1.54, 1.807) is 47.5 Å². The molecule has 2 rings (SSSR count). The number of benzene rings is 2. The van der Waals surface area contributed by atoms with Crippen molar-refractivity contribution in [2.75, 3.05) is 20.7 Å². The van der Waals surface area contributed by atoms with Crippen molar-refractivity contribution in [1.29, 1.82) is 0 Å². The molecule has 0 aliphatic heterocycles. The van der Waals surface area contributed by atoms with Crippen molar-refractivity contribution < 1.29 is 14.0 Å². The summed E-state index contributed by atoms with van der Waals surface area (Å²) in [7, 11) is 0.420. The van der Waals surface area contributed by atoms with Gasteiger partial charge in [0.2, 0.25) is 11.8 Å². The lowest BCUT2D eigenvalue weighted by Crippen LogP contribution is -2.66. The number of nitrogens with zero attached hydrogens (tertiary/aromatic N) is 2. The Morgan fingerprint density at radius 3 is 1.52 bits per heavy atom. The van der Waals surface area contributed by atoms with Crippen LogP contribution in [-0.4, -0.2) is 50.3 Å². The van der Waals surface area contributed by atoms with Crippen LogP contribution in [-0.2, 0) is 4.43 Å². The van der Waals surface area contributed by atoms with Crippen molar-refractivity contribution in [3.63, 3.8) is 0 Å². The predicted molar refractivity (Wildman–Crippen MR) is 100 cm³/mol. The molecule has 0 aliphatic carbocycles. The van der Waals surface area contributed by atoms with Crippen LogP contribution in [0.25, 0.3) is 0 Å². The van der Waals surface area contributed by atoms with E-state index in [0.29, 0.717) is 17.7 Å². The Morgan fingerprint density at radius 1 is 0.840 bits per heavy atom.